The summed E-state index contributed by atoms with van der Waals surface area (Å²) < 4.78 is 60.2. The van der Waals surface area contributed by atoms with Gasteiger partial charge in [0.1, 0.15) is 17.4 Å². The minimum Gasteiger partial charge on any atom is -0.497 e. The van der Waals surface area contributed by atoms with Crippen molar-refractivity contribution in [3.05, 3.63) is 59.7 Å². The predicted molar refractivity (Wildman–Crippen MR) is 94.7 cm³/mol. The molecular formula is C19H21F2NO3S. The van der Waals surface area contributed by atoms with E-state index in [9.17, 15) is 17.2 Å². The Kier molecular flexibility index (Phi) is 5.58. The van der Waals surface area contributed by atoms with Crippen LogP contribution in [0.1, 0.15) is 30.7 Å². The molecule has 2 aromatic rings. The van der Waals surface area contributed by atoms with Crippen molar-refractivity contribution < 1.29 is 21.9 Å². The Morgan fingerprint density at radius 3 is 2.31 bits per heavy atom. The van der Waals surface area contributed by atoms with Crippen LogP contribution in [-0.4, -0.2) is 32.9 Å². The lowest BCUT2D eigenvalue weighted by atomic mass is 9.94. The number of benzene rings is 2. The molecule has 1 aliphatic rings. The van der Waals surface area contributed by atoms with Crippen LogP contribution in [0.5, 0.6) is 5.75 Å². The molecule has 1 saturated heterocycles. The van der Waals surface area contributed by atoms with Gasteiger partial charge in [-0.05, 0) is 48.6 Å². The molecule has 0 aliphatic carbocycles. The average Bonchev–Trinajstić information content (AvgIpc) is 2.88. The molecule has 0 spiro atoms. The van der Waals surface area contributed by atoms with Gasteiger partial charge in [0.2, 0.25) is 10.0 Å². The van der Waals surface area contributed by atoms with Gasteiger partial charge in [-0.3, -0.25) is 0 Å². The topological polar surface area (TPSA) is 46.6 Å². The average molecular weight is 381 g/mol. The molecule has 0 aromatic heterocycles. The Morgan fingerprint density at radius 1 is 1.04 bits per heavy atom. The number of sulfonamides is 1. The van der Waals surface area contributed by atoms with Crippen LogP contribution >= 0.6 is 0 Å². The second-order valence-electron chi connectivity index (χ2n) is 6.38. The lowest BCUT2D eigenvalue weighted by Gasteiger charge is -2.24. The van der Waals surface area contributed by atoms with Gasteiger partial charge in [0.25, 0.3) is 0 Å². The smallest absolute Gasteiger partial charge is 0.248 e. The first-order chi connectivity index (χ1) is 12.4. The van der Waals surface area contributed by atoms with Crippen molar-refractivity contribution in [1.82, 2.24) is 4.31 Å². The second kappa shape index (κ2) is 7.72. The van der Waals surface area contributed by atoms with Crippen molar-refractivity contribution >= 4 is 10.0 Å². The van der Waals surface area contributed by atoms with Crippen molar-refractivity contribution in [1.29, 1.82) is 0 Å². The van der Waals surface area contributed by atoms with E-state index in [0.29, 0.717) is 6.42 Å². The maximum absolute atomic E-state index is 14.0. The number of rotatable bonds is 4. The van der Waals surface area contributed by atoms with E-state index in [2.05, 4.69) is 0 Å². The van der Waals surface area contributed by atoms with Gasteiger partial charge in [0.05, 0.1) is 7.11 Å². The summed E-state index contributed by atoms with van der Waals surface area (Å²) in [6.07, 6.45) is 2.32. The molecule has 0 unspecified atom stereocenters. The van der Waals surface area contributed by atoms with Gasteiger partial charge in [-0.25, -0.2) is 17.2 Å². The molecule has 1 atom stereocenters. The zero-order chi connectivity index (χ0) is 18.7. The third kappa shape index (κ3) is 3.73. The molecule has 1 aliphatic heterocycles. The number of hydrogen-bond donors (Lipinski definition) is 0. The first kappa shape index (κ1) is 18.8. The molecule has 3 rings (SSSR count). The standard InChI is InChI=1S/C19H21F2NO3S/c1-25-16-10-8-14(9-11-16)15-5-2-3-12-22(13-15)26(23,24)19-17(20)6-4-7-18(19)21/h4,6-11,15H,2-3,5,12-13H2,1H3/t15-/m0/s1. The third-order valence-electron chi connectivity index (χ3n) is 4.74. The van der Waals surface area contributed by atoms with Crippen LogP contribution in [0, 0.1) is 11.6 Å². The molecule has 1 heterocycles. The van der Waals surface area contributed by atoms with E-state index in [4.69, 9.17) is 4.74 Å². The van der Waals surface area contributed by atoms with Gasteiger partial charge in [-0.1, -0.05) is 24.6 Å². The fraction of sp³-hybridized carbons (Fsp3) is 0.368. The molecule has 140 valence electrons. The van der Waals surface area contributed by atoms with Gasteiger partial charge in [0.15, 0.2) is 4.90 Å². The molecular weight excluding hydrogens is 360 g/mol. The van der Waals surface area contributed by atoms with Gasteiger partial charge >= 0.3 is 0 Å². The van der Waals surface area contributed by atoms with Crippen LogP contribution in [0.2, 0.25) is 0 Å². The number of methoxy groups -OCH3 is 1. The summed E-state index contributed by atoms with van der Waals surface area (Å²) in [5.74, 6) is -1.43. The highest BCUT2D eigenvalue weighted by molar-refractivity contribution is 7.89. The van der Waals surface area contributed by atoms with E-state index < -0.39 is 26.6 Å². The largest absolute Gasteiger partial charge is 0.497 e. The molecule has 7 heteroatoms. The Balaban J connectivity index is 1.91. The summed E-state index contributed by atoms with van der Waals surface area (Å²) >= 11 is 0. The van der Waals surface area contributed by atoms with Crippen LogP contribution in [0.4, 0.5) is 8.78 Å². The summed E-state index contributed by atoms with van der Waals surface area (Å²) in [6.45, 7) is 0.450. The van der Waals surface area contributed by atoms with Crippen LogP contribution in [0.15, 0.2) is 47.4 Å². The van der Waals surface area contributed by atoms with Crippen molar-refractivity contribution in [3.63, 3.8) is 0 Å². The number of hydrogen-bond acceptors (Lipinski definition) is 3. The van der Waals surface area contributed by atoms with Crippen molar-refractivity contribution in [2.24, 2.45) is 0 Å². The summed E-state index contributed by atoms with van der Waals surface area (Å²) in [6, 6.07) is 10.6. The minimum atomic E-state index is -4.24. The molecule has 2 aromatic carbocycles. The number of ether oxygens (including phenoxy) is 1. The molecule has 0 bridgehead atoms. The quantitative estimate of drug-likeness (QED) is 0.806. The van der Waals surface area contributed by atoms with Crippen LogP contribution < -0.4 is 4.74 Å². The maximum atomic E-state index is 14.0. The van der Waals surface area contributed by atoms with Crippen LogP contribution in [0.3, 0.4) is 0 Å². The lowest BCUT2D eigenvalue weighted by Crippen LogP contribution is -2.35. The van der Waals surface area contributed by atoms with Crippen molar-refractivity contribution in [2.45, 2.75) is 30.1 Å². The summed E-state index contributed by atoms with van der Waals surface area (Å²) in [7, 11) is -2.66. The predicted octanol–water partition coefficient (Wildman–Crippen LogP) is 3.93. The minimum absolute atomic E-state index is 0.0342. The number of halogens is 2. The molecule has 1 fully saturated rings. The summed E-state index contributed by atoms with van der Waals surface area (Å²) in [4.78, 5) is -0.865. The summed E-state index contributed by atoms with van der Waals surface area (Å²) in [5, 5.41) is 0. The third-order valence-corrected chi connectivity index (χ3v) is 6.66. The molecule has 26 heavy (non-hydrogen) atoms. The van der Waals surface area contributed by atoms with E-state index in [0.717, 1.165) is 42.4 Å². The van der Waals surface area contributed by atoms with Crippen molar-refractivity contribution in [3.8, 4) is 5.75 Å². The van der Waals surface area contributed by atoms with Gasteiger partial charge < -0.3 is 4.74 Å². The molecule has 4 nitrogen and oxygen atoms in total. The highest BCUT2D eigenvalue weighted by atomic mass is 32.2. The Bertz CT molecular complexity index is 849. The fourth-order valence-electron chi connectivity index (χ4n) is 3.33. The van der Waals surface area contributed by atoms with Crippen LogP contribution in [-0.2, 0) is 10.0 Å². The normalized spacial score (nSPS) is 19.1. The molecule has 0 radical (unpaired) electrons. The number of nitrogens with zero attached hydrogens (tertiary/aromatic N) is 1. The van der Waals surface area contributed by atoms with Gasteiger partial charge in [-0.2, -0.15) is 4.31 Å². The summed E-state index contributed by atoms with van der Waals surface area (Å²) in [5.41, 5.74) is 0.988. The first-order valence-corrected chi connectivity index (χ1v) is 9.95. The zero-order valence-corrected chi connectivity index (χ0v) is 15.3. The fourth-order valence-corrected chi connectivity index (χ4v) is 4.96. The molecule has 0 amide bonds. The molecule has 0 saturated carbocycles. The van der Waals surface area contributed by atoms with Gasteiger partial charge in [0, 0.05) is 13.1 Å². The Labute approximate surface area is 152 Å². The highest BCUT2D eigenvalue weighted by Crippen LogP contribution is 2.31. The van der Waals surface area contributed by atoms with Gasteiger partial charge in [-0.15, -0.1) is 0 Å². The van der Waals surface area contributed by atoms with E-state index >= 15 is 0 Å². The first-order valence-electron chi connectivity index (χ1n) is 8.51. The monoisotopic (exact) mass is 381 g/mol. The SMILES string of the molecule is COc1ccc([C@H]2CCCCN(S(=O)(=O)c3c(F)cccc3F)C2)cc1. The van der Waals surface area contributed by atoms with E-state index in [1.54, 1.807) is 7.11 Å². The van der Waals surface area contributed by atoms with Crippen molar-refractivity contribution in [2.75, 3.05) is 20.2 Å². The maximum Gasteiger partial charge on any atom is 0.248 e. The second-order valence-corrected chi connectivity index (χ2v) is 8.25. The van der Waals surface area contributed by atoms with E-state index in [1.165, 1.54) is 4.31 Å². The Hall–Kier alpha value is -1.99. The Morgan fingerprint density at radius 2 is 1.69 bits per heavy atom. The zero-order valence-electron chi connectivity index (χ0n) is 14.5. The molecule has 0 N–H and O–H groups in total. The van der Waals surface area contributed by atoms with E-state index in [-0.39, 0.29) is 19.0 Å². The lowest BCUT2D eigenvalue weighted by molar-refractivity contribution is 0.397. The van der Waals surface area contributed by atoms with E-state index in [1.807, 2.05) is 24.3 Å². The van der Waals surface area contributed by atoms with Crippen LogP contribution in [0.25, 0.3) is 0 Å². The highest BCUT2D eigenvalue weighted by Gasteiger charge is 2.33.